The zero-order valence-electron chi connectivity index (χ0n) is 12.1. The van der Waals surface area contributed by atoms with Gasteiger partial charge in [0.05, 0.1) is 5.69 Å². The highest BCUT2D eigenvalue weighted by Gasteiger charge is 2.07. The molecule has 0 unspecified atom stereocenters. The van der Waals surface area contributed by atoms with E-state index in [-0.39, 0.29) is 6.03 Å². The van der Waals surface area contributed by atoms with Crippen molar-refractivity contribution in [3.63, 3.8) is 0 Å². The molecule has 21 heavy (non-hydrogen) atoms. The van der Waals surface area contributed by atoms with Crippen LogP contribution in [-0.4, -0.2) is 12.6 Å². The Balaban J connectivity index is 2.01. The van der Waals surface area contributed by atoms with Crippen LogP contribution in [0, 0.1) is 0 Å². The standard InChI is InChI=1S/C17H20N2OS/c1-2-3-13-18-17(20)19-15-11-7-8-12-16(15)21-14-9-5-4-6-10-14/h4-12H,2-3,13H2,1H3,(H2,18,19,20). The van der Waals surface area contributed by atoms with Gasteiger partial charge in [-0.15, -0.1) is 0 Å². The van der Waals surface area contributed by atoms with Gasteiger partial charge in [0.25, 0.3) is 0 Å². The van der Waals surface area contributed by atoms with E-state index in [1.165, 1.54) is 0 Å². The fourth-order valence-electron chi connectivity index (χ4n) is 1.82. The molecular weight excluding hydrogens is 280 g/mol. The summed E-state index contributed by atoms with van der Waals surface area (Å²) in [5, 5.41) is 5.78. The Morgan fingerprint density at radius 2 is 1.76 bits per heavy atom. The maximum atomic E-state index is 11.9. The van der Waals surface area contributed by atoms with E-state index in [0.29, 0.717) is 6.54 Å². The molecule has 2 aromatic rings. The topological polar surface area (TPSA) is 41.1 Å². The van der Waals surface area contributed by atoms with E-state index in [1.807, 2.05) is 42.5 Å². The predicted molar refractivity (Wildman–Crippen MR) is 88.9 cm³/mol. The van der Waals surface area contributed by atoms with Crippen LogP contribution >= 0.6 is 11.8 Å². The van der Waals surface area contributed by atoms with E-state index in [1.54, 1.807) is 11.8 Å². The number of hydrogen-bond acceptors (Lipinski definition) is 2. The third-order valence-electron chi connectivity index (χ3n) is 2.92. The van der Waals surface area contributed by atoms with Crippen molar-refractivity contribution in [3.8, 4) is 0 Å². The molecule has 2 amide bonds. The highest BCUT2D eigenvalue weighted by atomic mass is 32.2. The number of urea groups is 1. The van der Waals surface area contributed by atoms with Crippen molar-refractivity contribution in [1.82, 2.24) is 5.32 Å². The zero-order chi connectivity index (χ0) is 14.9. The Morgan fingerprint density at radius 1 is 1.05 bits per heavy atom. The van der Waals surface area contributed by atoms with E-state index in [2.05, 4.69) is 29.7 Å². The molecule has 0 atom stereocenters. The van der Waals surface area contributed by atoms with Crippen LogP contribution in [0.5, 0.6) is 0 Å². The fourth-order valence-corrected chi connectivity index (χ4v) is 2.74. The molecule has 0 aliphatic carbocycles. The molecule has 0 saturated carbocycles. The first-order valence-corrected chi connectivity index (χ1v) is 7.98. The Hall–Kier alpha value is -1.94. The van der Waals surface area contributed by atoms with Crippen LogP contribution in [0.25, 0.3) is 0 Å². The van der Waals surface area contributed by atoms with Crippen LogP contribution in [0.15, 0.2) is 64.4 Å². The van der Waals surface area contributed by atoms with Crippen LogP contribution in [0.4, 0.5) is 10.5 Å². The number of para-hydroxylation sites is 1. The molecule has 0 spiro atoms. The summed E-state index contributed by atoms with van der Waals surface area (Å²) in [5.41, 5.74) is 0.834. The van der Waals surface area contributed by atoms with E-state index in [9.17, 15) is 4.79 Å². The summed E-state index contributed by atoms with van der Waals surface area (Å²) in [6.07, 6.45) is 2.06. The lowest BCUT2D eigenvalue weighted by atomic mass is 10.3. The molecule has 0 fully saturated rings. The van der Waals surface area contributed by atoms with E-state index < -0.39 is 0 Å². The first kappa shape index (κ1) is 15.4. The maximum Gasteiger partial charge on any atom is 0.319 e. The molecule has 0 radical (unpaired) electrons. The van der Waals surface area contributed by atoms with Gasteiger partial charge in [0.15, 0.2) is 0 Å². The minimum absolute atomic E-state index is 0.149. The number of carbonyl (C=O) groups is 1. The van der Waals surface area contributed by atoms with Gasteiger partial charge in [-0.05, 0) is 30.7 Å². The van der Waals surface area contributed by atoms with E-state index in [4.69, 9.17) is 0 Å². The number of rotatable bonds is 6. The average Bonchev–Trinajstić information content (AvgIpc) is 2.51. The molecule has 0 aromatic heterocycles. The normalized spacial score (nSPS) is 10.1. The SMILES string of the molecule is CCCCNC(=O)Nc1ccccc1Sc1ccccc1. The number of benzene rings is 2. The van der Waals surface area contributed by atoms with Crippen molar-refractivity contribution < 1.29 is 4.79 Å². The van der Waals surface area contributed by atoms with Crippen molar-refractivity contribution in [1.29, 1.82) is 0 Å². The lowest BCUT2D eigenvalue weighted by molar-refractivity contribution is 0.252. The summed E-state index contributed by atoms with van der Waals surface area (Å²) >= 11 is 1.64. The number of unbranched alkanes of at least 4 members (excludes halogenated alkanes) is 1. The van der Waals surface area contributed by atoms with Gasteiger partial charge in [-0.25, -0.2) is 4.79 Å². The Bertz CT molecular complexity index is 572. The Morgan fingerprint density at radius 3 is 2.52 bits per heavy atom. The van der Waals surface area contributed by atoms with Crippen molar-refractivity contribution in [2.45, 2.75) is 29.6 Å². The van der Waals surface area contributed by atoms with E-state index in [0.717, 1.165) is 28.3 Å². The number of anilines is 1. The molecular formula is C17H20N2OS. The average molecular weight is 300 g/mol. The van der Waals surface area contributed by atoms with Crippen LogP contribution < -0.4 is 10.6 Å². The molecule has 4 heteroatoms. The predicted octanol–water partition coefficient (Wildman–Crippen LogP) is 4.76. The minimum Gasteiger partial charge on any atom is -0.338 e. The van der Waals surface area contributed by atoms with Gasteiger partial charge in [0.1, 0.15) is 0 Å². The highest BCUT2D eigenvalue weighted by molar-refractivity contribution is 7.99. The molecule has 2 N–H and O–H groups in total. The molecule has 0 aliphatic heterocycles. The van der Waals surface area contributed by atoms with Crippen molar-refractivity contribution in [2.24, 2.45) is 0 Å². The van der Waals surface area contributed by atoms with Gasteiger partial charge in [-0.3, -0.25) is 0 Å². The largest absolute Gasteiger partial charge is 0.338 e. The minimum atomic E-state index is -0.149. The summed E-state index contributed by atoms with van der Waals surface area (Å²) in [7, 11) is 0. The molecule has 0 aliphatic rings. The first-order chi connectivity index (χ1) is 10.3. The summed E-state index contributed by atoms with van der Waals surface area (Å²) in [4.78, 5) is 14.0. The van der Waals surface area contributed by atoms with Crippen molar-refractivity contribution in [2.75, 3.05) is 11.9 Å². The van der Waals surface area contributed by atoms with Gasteiger partial charge in [0.2, 0.25) is 0 Å². The maximum absolute atomic E-state index is 11.9. The third kappa shape index (κ3) is 5.16. The lowest BCUT2D eigenvalue weighted by Gasteiger charge is -2.11. The Kier molecular flexibility index (Phi) is 6.16. The zero-order valence-corrected chi connectivity index (χ0v) is 13.0. The van der Waals surface area contributed by atoms with Gasteiger partial charge in [0, 0.05) is 16.3 Å². The third-order valence-corrected chi connectivity index (χ3v) is 4.01. The number of carbonyl (C=O) groups excluding carboxylic acids is 1. The van der Waals surface area contributed by atoms with Gasteiger partial charge >= 0.3 is 6.03 Å². The van der Waals surface area contributed by atoms with E-state index >= 15 is 0 Å². The smallest absolute Gasteiger partial charge is 0.319 e. The summed E-state index contributed by atoms with van der Waals surface area (Å²) in [6.45, 7) is 2.81. The van der Waals surface area contributed by atoms with Crippen LogP contribution in [-0.2, 0) is 0 Å². The van der Waals surface area contributed by atoms with Crippen LogP contribution in [0.2, 0.25) is 0 Å². The summed E-state index contributed by atoms with van der Waals surface area (Å²) in [6, 6.07) is 17.8. The molecule has 110 valence electrons. The highest BCUT2D eigenvalue weighted by Crippen LogP contribution is 2.32. The first-order valence-electron chi connectivity index (χ1n) is 7.16. The Labute approximate surface area is 130 Å². The van der Waals surface area contributed by atoms with Crippen LogP contribution in [0.3, 0.4) is 0 Å². The second-order valence-corrected chi connectivity index (χ2v) is 5.76. The van der Waals surface area contributed by atoms with Crippen LogP contribution in [0.1, 0.15) is 19.8 Å². The van der Waals surface area contributed by atoms with Crippen molar-refractivity contribution in [3.05, 3.63) is 54.6 Å². The molecule has 0 saturated heterocycles. The number of hydrogen-bond donors (Lipinski definition) is 2. The number of nitrogens with one attached hydrogen (secondary N) is 2. The lowest BCUT2D eigenvalue weighted by Crippen LogP contribution is -2.29. The molecule has 3 nitrogen and oxygen atoms in total. The number of amides is 2. The summed E-state index contributed by atoms with van der Waals surface area (Å²) < 4.78 is 0. The monoisotopic (exact) mass is 300 g/mol. The quantitative estimate of drug-likeness (QED) is 0.755. The fraction of sp³-hybridized carbons (Fsp3) is 0.235. The molecule has 2 rings (SSSR count). The van der Waals surface area contributed by atoms with Crippen molar-refractivity contribution >= 4 is 23.5 Å². The summed E-state index contributed by atoms with van der Waals surface area (Å²) in [5.74, 6) is 0. The van der Waals surface area contributed by atoms with Gasteiger partial charge < -0.3 is 10.6 Å². The molecule has 2 aromatic carbocycles. The van der Waals surface area contributed by atoms with Gasteiger partial charge in [-0.2, -0.15) is 0 Å². The molecule has 0 bridgehead atoms. The second kappa shape index (κ2) is 8.37. The second-order valence-electron chi connectivity index (χ2n) is 4.65. The van der Waals surface area contributed by atoms with Gasteiger partial charge in [-0.1, -0.05) is 55.4 Å². The molecule has 0 heterocycles.